The van der Waals surface area contributed by atoms with Gasteiger partial charge in [0.25, 0.3) is 0 Å². The van der Waals surface area contributed by atoms with Crippen LogP contribution in [-0.2, 0) is 10.0 Å². The van der Waals surface area contributed by atoms with Gasteiger partial charge in [0, 0.05) is 12.5 Å². The first-order valence-electron chi connectivity index (χ1n) is 5.26. The van der Waals surface area contributed by atoms with Crippen LogP contribution < -0.4 is 10.0 Å². The molecule has 0 bridgehead atoms. The van der Waals surface area contributed by atoms with Crippen LogP contribution in [0.4, 0.5) is 0 Å². The normalized spacial score (nSPS) is 26.1. The third-order valence-electron chi connectivity index (χ3n) is 3.06. The van der Waals surface area contributed by atoms with Gasteiger partial charge >= 0.3 is 0 Å². The van der Waals surface area contributed by atoms with Gasteiger partial charge in [-0.05, 0) is 41.9 Å². The minimum atomic E-state index is -3.11. The summed E-state index contributed by atoms with van der Waals surface area (Å²) in [6, 6.07) is 2.08. The summed E-state index contributed by atoms with van der Waals surface area (Å²) < 4.78 is 25.4. The molecule has 0 aliphatic carbocycles. The predicted molar refractivity (Wildman–Crippen MR) is 66.3 cm³/mol. The largest absolute Gasteiger partial charge is 0.316 e. The van der Waals surface area contributed by atoms with Crippen molar-refractivity contribution in [2.24, 2.45) is 5.92 Å². The quantitative estimate of drug-likeness (QED) is 0.833. The van der Waals surface area contributed by atoms with Crippen LogP contribution in [0.1, 0.15) is 11.5 Å². The van der Waals surface area contributed by atoms with E-state index in [2.05, 4.69) is 21.5 Å². The van der Waals surface area contributed by atoms with Crippen molar-refractivity contribution >= 4 is 21.4 Å². The molecule has 1 aromatic rings. The molecule has 1 aliphatic rings. The summed E-state index contributed by atoms with van der Waals surface area (Å²) in [7, 11) is -1.64. The molecule has 0 saturated carbocycles. The second kappa shape index (κ2) is 4.83. The highest BCUT2D eigenvalue weighted by atomic mass is 32.2. The van der Waals surface area contributed by atoms with E-state index in [0.29, 0.717) is 5.92 Å². The SMILES string of the molecule is CNS(=O)(=O)CC1CNCC1c1ccsc1. The molecule has 0 radical (unpaired) electrons. The van der Waals surface area contributed by atoms with Gasteiger partial charge in [-0.25, -0.2) is 13.1 Å². The summed E-state index contributed by atoms with van der Waals surface area (Å²) in [5.74, 6) is 0.707. The molecule has 0 amide bonds. The third kappa shape index (κ3) is 2.63. The molecular formula is C10H16N2O2S2. The molecule has 90 valence electrons. The molecular weight excluding hydrogens is 244 g/mol. The highest BCUT2D eigenvalue weighted by Crippen LogP contribution is 2.30. The van der Waals surface area contributed by atoms with Crippen molar-refractivity contribution in [3.05, 3.63) is 22.4 Å². The topological polar surface area (TPSA) is 58.2 Å². The van der Waals surface area contributed by atoms with Crippen molar-refractivity contribution in [1.29, 1.82) is 0 Å². The van der Waals surface area contributed by atoms with Gasteiger partial charge in [-0.2, -0.15) is 11.3 Å². The summed E-state index contributed by atoms with van der Waals surface area (Å²) in [5.41, 5.74) is 1.26. The number of hydrogen-bond acceptors (Lipinski definition) is 4. The average Bonchev–Trinajstić information content (AvgIpc) is 2.86. The van der Waals surface area contributed by atoms with Gasteiger partial charge in [0.05, 0.1) is 5.75 Å². The Morgan fingerprint density at radius 1 is 1.56 bits per heavy atom. The zero-order chi connectivity index (χ0) is 11.6. The Kier molecular flexibility index (Phi) is 3.63. The van der Waals surface area contributed by atoms with Crippen molar-refractivity contribution in [3.63, 3.8) is 0 Å². The highest BCUT2D eigenvalue weighted by Gasteiger charge is 2.31. The van der Waals surface area contributed by atoms with E-state index in [0.717, 1.165) is 13.1 Å². The van der Waals surface area contributed by atoms with Gasteiger partial charge in [0.15, 0.2) is 0 Å². The zero-order valence-corrected chi connectivity index (χ0v) is 10.8. The van der Waals surface area contributed by atoms with Crippen LogP contribution in [0.2, 0.25) is 0 Å². The second-order valence-electron chi connectivity index (χ2n) is 4.07. The molecule has 6 heteroatoms. The molecule has 0 aromatic carbocycles. The maximum Gasteiger partial charge on any atom is 0.211 e. The Hall–Kier alpha value is -0.430. The summed E-state index contributed by atoms with van der Waals surface area (Å²) in [5, 5.41) is 7.42. The molecule has 2 atom stereocenters. The molecule has 2 rings (SSSR count). The molecule has 2 heterocycles. The number of rotatable bonds is 4. The highest BCUT2D eigenvalue weighted by molar-refractivity contribution is 7.89. The summed E-state index contributed by atoms with van der Waals surface area (Å²) >= 11 is 1.66. The lowest BCUT2D eigenvalue weighted by atomic mass is 9.92. The molecule has 4 nitrogen and oxygen atoms in total. The third-order valence-corrected chi connectivity index (χ3v) is 5.25. The first kappa shape index (κ1) is 12.0. The van der Waals surface area contributed by atoms with E-state index in [4.69, 9.17) is 0 Å². The maximum atomic E-state index is 11.5. The van der Waals surface area contributed by atoms with Gasteiger partial charge in [0.2, 0.25) is 10.0 Å². The lowest BCUT2D eigenvalue weighted by molar-refractivity contribution is 0.537. The van der Waals surface area contributed by atoms with Crippen LogP contribution in [0, 0.1) is 5.92 Å². The standard InChI is InChI=1S/C10H16N2O2S2/c1-11-16(13,14)7-9-4-12-5-10(9)8-2-3-15-6-8/h2-3,6,9-12H,4-5,7H2,1H3. The lowest BCUT2D eigenvalue weighted by Gasteiger charge is -2.17. The molecule has 0 spiro atoms. The molecule has 1 aromatic heterocycles. The Morgan fingerprint density at radius 2 is 2.38 bits per heavy atom. The maximum absolute atomic E-state index is 11.5. The Morgan fingerprint density at radius 3 is 3.00 bits per heavy atom. The Bertz CT molecular complexity index is 428. The van der Waals surface area contributed by atoms with Crippen LogP contribution in [-0.4, -0.2) is 34.3 Å². The molecule has 16 heavy (non-hydrogen) atoms. The zero-order valence-electron chi connectivity index (χ0n) is 9.14. The van der Waals surface area contributed by atoms with E-state index >= 15 is 0 Å². The van der Waals surface area contributed by atoms with Crippen LogP contribution in [0.15, 0.2) is 16.8 Å². The molecule has 1 fully saturated rings. The molecule has 2 N–H and O–H groups in total. The minimum absolute atomic E-state index is 0.173. The fraction of sp³-hybridized carbons (Fsp3) is 0.600. The van der Waals surface area contributed by atoms with E-state index in [-0.39, 0.29) is 11.7 Å². The Balaban J connectivity index is 2.10. The number of sulfonamides is 1. The predicted octanol–water partition coefficient (Wildman–Crippen LogP) is 0.600. The average molecular weight is 260 g/mol. The van der Waals surface area contributed by atoms with Crippen molar-refractivity contribution < 1.29 is 8.42 Å². The smallest absolute Gasteiger partial charge is 0.211 e. The first-order valence-corrected chi connectivity index (χ1v) is 7.86. The van der Waals surface area contributed by atoms with Crippen molar-refractivity contribution in [2.45, 2.75) is 5.92 Å². The number of thiophene rings is 1. The van der Waals surface area contributed by atoms with Crippen LogP contribution in [0.25, 0.3) is 0 Å². The van der Waals surface area contributed by atoms with Crippen molar-refractivity contribution in [3.8, 4) is 0 Å². The van der Waals surface area contributed by atoms with Gasteiger partial charge in [0.1, 0.15) is 0 Å². The van der Waals surface area contributed by atoms with Crippen molar-refractivity contribution in [2.75, 3.05) is 25.9 Å². The van der Waals surface area contributed by atoms with Crippen LogP contribution >= 0.6 is 11.3 Å². The number of nitrogens with one attached hydrogen (secondary N) is 2. The monoisotopic (exact) mass is 260 g/mol. The first-order chi connectivity index (χ1) is 7.62. The van der Waals surface area contributed by atoms with E-state index < -0.39 is 10.0 Å². The van der Waals surface area contributed by atoms with Crippen LogP contribution in [0.5, 0.6) is 0 Å². The van der Waals surface area contributed by atoms with E-state index in [1.807, 2.05) is 5.38 Å². The fourth-order valence-corrected chi connectivity index (χ4v) is 3.95. The Labute approximate surface area is 100 Å². The van der Waals surface area contributed by atoms with Gasteiger partial charge in [-0.3, -0.25) is 0 Å². The summed E-state index contributed by atoms with van der Waals surface area (Å²) in [6.07, 6.45) is 0. The summed E-state index contributed by atoms with van der Waals surface area (Å²) in [6.45, 7) is 1.65. The number of hydrogen-bond donors (Lipinski definition) is 2. The minimum Gasteiger partial charge on any atom is -0.316 e. The van der Waals surface area contributed by atoms with E-state index in [1.165, 1.54) is 12.6 Å². The van der Waals surface area contributed by atoms with Gasteiger partial charge in [-0.15, -0.1) is 0 Å². The van der Waals surface area contributed by atoms with Crippen molar-refractivity contribution in [1.82, 2.24) is 10.0 Å². The molecule has 1 saturated heterocycles. The van der Waals surface area contributed by atoms with E-state index in [9.17, 15) is 8.42 Å². The lowest BCUT2D eigenvalue weighted by Crippen LogP contribution is -2.29. The van der Waals surface area contributed by atoms with Gasteiger partial charge in [-0.1, -0.05) is 0 Å². The van der Waals surface area contributed by atoms with Gasteiger partial charge < -0.3 is 5.32 Å². The second-order valence-corrected chi connectivity index (χ2v) is 6.82. The molecule has 2 unspecified atom stereocenters. The summed E-state index contributed by atoms with van der Waals surface area (Å²) in [4.78, 5) is 0. The van der Waals surface area contributed by atoms with E-state index in [1.54, 1.807) is 11.3 Å². The fourth-order valence-electron chi connectivity index (χ4n) is 2.15. The molecule has 1 aliphatic heterocycles. The van der Waals surface area contributed by atoms with Crippen LogP contribution in [0.3, 0.4) is 0 Å².